The molecule has 2 N–H and O–H groups in total. The third-order valence-electron chi connectivity index (χ3n) is 4.49. The predicted molar refractivity (Wildman–Crippen MR) is 103 cm³/mol. The van der Waals surface area contributed by atoms with Gasteiger partial charge in [-0.1, -0.05) is 49.6 Å². The van der Waals surface area contributed by atoms with E-state index >= 15 is 0 Å². The van der Waals surface area contributed by atoms with Gasteiger partial charge in [0, 0.05) is 0 Å². The van der Waals surface area contributed by atoms with E-state index in [4.69, 9.17) is 15.5 Å². The molecule has 0 saturated carbocycles. The normalized spacial score (nSPS) is 12.4. The number of rotatable bonds is 8. The van der Waals surface area contributed by atoms with Gasteiger partial charge in [-0.05, 0) is 37.6 Å². The number of ether oxygens (including phenoxy) is 1. The van der Waals surface area contributed by atoms with Crippen LogP contribution in [0.5, 0.6) is 5.75 Å². The molecule has 3 rings (SSSR count). The van der Waals surface area contributed by atoms with Crippen molar-refractivity contribution >= 4 is 11.0 Å². The van der Waals surface area contributed by atoms with Crippen LogP contribution in [0.2, 0.25) is 0 Å². The van der Waals surface area contributed by atoms with Gasteiger partial charge in [-0.2, -0.15) is 0 Å². The zero-order valence-corrected chi connectivity index (χ0v) is 15.1. The van der Waals surface area contributed by atoms with Crippen molar-refractivity contribution in [3.63, 3.8) is 0 Å². The topological polar surface area (TPSA) is 53.1 Å². The van der Waals surface area contributed by atoms with Crippen LogP contribution < -0.4 is 10.5 Å². The second-order valence-electron chi connectivity index (χ2n) is 6.52. The standard InChI is InChI=1S/C21H27N3O/c1-3-4-7-18(22)21-23-19-8-5-6-9-20(19)24(21)14-15-25-17-12-10-16(2)11-13-17/h5-6,8-13,18H,3-4,7,14-15,22H2,1-2H3. The van der Waals surface area contributed by atoms with Gasteiger partial charge in [0.25, 0.3) is 0 Å². The number of imidazole rings is 1. The van der Waals surface area contributed by atoms with Crippen molar-refractivity contribution in [2.24, 2.45) is 5.73 Å². The first kappa shape index (κ1) is 17.5. The van der Waals surface area contributed by atoms with Gasteiger partial charge < -0.3 is 15.0 Å². The molecule has 0 fully saturated rings. The van der Waals surface area contributed by atoms with Crippen molar-refractivity contribution in [2.75, 3.05) is 6.61 Å². The van der Waals surface area contributed by atoms with Crippen molar-refractivity contribution in [1.82, 2.24) is 9.55 Å². The molecule has 1 unspecified atom stereocenters. The molecule has 0 aliphatic rings. The second-order valence-corrected chi connectivity index (χ2v) is 6.52. The van der Waals surface area contributed by atoms with Crippen LogP contribution in [0, 0.1) is 6.92 Å². The summed E-state index contributed by atoms with van der Waals surface area (Å²) in [5, 5.41) is 0. The van der Waals surface area contributed by atoms with Gasteiger partial charge in [-0.15, -0.1) is 0 Å². The summed E-state index contributed by atoms with van der Waals surface area (Å²) in [6.45, 7) is 5.59. The summed E-state index contributed by atoms with van der Waals surface area (Å²) in [5.74, 6) is 1.86. The van der Waals surface area contributed by atoms with Gasteiger partial charge in [-0.25, -0.2) is 4.98 Å². The average Bonchev–Trinajstić information content (AvgIpc) is 3.00. The van der Waals surface area contributed by atoms with Crippen LogP contribution in [0.3, 0.4) is 0 Å². The minimum atomic E-state index is -0.0354. The molecular formula is C21H27N3O. The number of nitrogens with two attached hydrogens (primary N) is 1. The van der Waals surface area contributed by atoms with E-state index in [1.54, 1.807) is 0 Å². The van der Waals surface area contributed by atoms with Crippen LogP contribution in [-0.4, -0.2) is 16.2 Å². The molecule has 0 saturated heterocycles. The molecule has 3 aromatic rings. The van der Waals surface area contributed by atoms with Crippen LogP contribution in [-0.2, 0) is 6.54 Å². The lowest BCUT2D eigenvalue weighted by atomic mass is 10.1. The molecular weight excluding hydrogens is 310 g/mol. The Kier molecular flexibility index (Phi) is 5.71. The molecule has 1 atom stereocenters. The van der Waals surface area contributed by atoms with Crippen LogP contribution in [0.15, 0.2) is 48.5 Å². The Morgan fingerprint density at radius 3 is 2.64 bits per heavy atom. The zero-order valence-electron chi connectivity index (χ0n) is 15.1. The zero-order chi connectivity index (χ0) is 17.6. The van der Waals surface area contributed by atoms with Crippen molar-refractivity contribution < 1.29 is 4.74 Å². The lowest BCUT2D eigenvalue weighted by Gasteiger charge is -2.15. The van der Waals surface area contributed by atoms with Gasteiger partial charge in [0.2, 0.25) is 0 Å². The van der Waals surface area contributed by atoms with E-state index in [0.717, 1.165) is 48.4 Å². The maximum absolute atomic E-state index is 6.42. The number of hydrogen-bond donors (Lipinski definition) is 1. The number of unbranched alkanes of at least 4 members (excludes halogenated alkanes) is 1. The van der Waals surface area contributed by atoms with E-state index < -0.39 is 0 Å². The smallest absolute Gasteiger partial charge is 0.126 e. The van der Waals surface area contributed by atoms with Gasteiger partial charge in [0.1, 0.15) is 18.2 Å². The number of benzene rings is 2. The summed E-state index contributed by atoms with van der Waals surface area (Å²) in [4.78, 5) is 4.79. The average molecular weight is 337 g/mol. The molecule has 4 heteroatoms. The fourth-order valence-electron chi connectivity index (χ4n) is 3.05. The first-order valence-corrected chi connectivity index (χ1v) is 9.09. The van der Waals surface area contributed by atoms with E-state index in [9.17, 15) is 0 Å². The number of hydrogen-bond acceptors (Lipinski definition) is 3. The van der Waals surface area contributed by atoms with E-state index in [-0.39, 0.29) is 6.04 Å². The monoisotopic (exact) mass is 337 g/mol. The molecule has 1 aromatic heterocycles. The fraction of sp³-hybridized carbons (Fsp3) is 0.381. The summed E-state index contributed by atoms with van der Waals surface area (Å²) in [7, 11) is 0. The molecule has 1 heterocycles. The van der Waals surface area contributed by atoms with E-state index in [1.807, 2.05) is 30.3 Å². The molecule has 0 spiro atoms. The SMILES string of the molecule is CCCCC(N)c1nc2ccccc2n1CCOc1ccc(C)cc1. The number of aromatic nitrogens is 2. The molecule has 0 aliphatic carbocycles. The van der Waals surface area contributed by atoms with E-state index in [2.05, 4.69) is 36.6 Å². The highest BCUT2D eigenvalue weighted by molar-refractivity contribution is 5.76. The second kappa shape index (κ2) is 8.17. The highest BCUT2D eigenvalue weighted by atomic mass is 16.5. The lowest BCUT2D eigenvalue weighted by molar-refractivity contribution is 0.296. The van der Waals surface area contributed by atoms with Crippen molar-refractivity contribution in [3.05, 3.63) is 59.9 Å². The maximum Gasteiger partial charge on any atom is 0.126 e. The number of aryl methyl sites for hydroxylation is 1. The molecule has 25 heavy (non-hydrogen) atoms. The predicted octanol–water partition coefficient (Wildman–Crippen LogP) is 4.61. The third-order valence-corrected chi connectivity index (χ3v) is 4.49. The molecule has 132 valence electrons. The Balaban J connectivity index is 1.77. The molecule has 0 radical (unpaired) electrons. The Morgan fingerprint density at radius 2 is 1.88 bits per heavy atom. The highest BCUT2D eigenvalue weighted by Gasteiger charge is 2.16. The van der Waals surface area contributed by atoms with Gasteiger partial charge in [0.05, 0.1) is 23.6 Å². The van der Waals surface area contributed by atoms with Crippen LogP contribution in [0.1, 0.15) is 43.6 Å². The van der Waals surface area contributed by atoms with Gasteiger partial charge in [-0.3, -0.25) is 0 Å². The first-order chi connectivity index (χ1) is 12.2. The summed E-state index contributed by atoms with van der Waals surface area (Å²) >= 11 is 0. The number of nitrogens with zero attached hydrogens (tertiary/aromatic N) is 2. The molecule has 0 bridgehead atoms. The molecule has 0 amide bonds. The minimum Gasteiger partial charge on any atom is -0.492 e. The molecule has 4 nitrogen and oxygen atoms in total. The third kappa shape index (κ3) is 4.20. The molecule has 2 aromatic carbocycles. The summed E-state index contributed by atoms with van der Waals surface area (Å²) in [6.07, 6.45) is 3.22. The number of para-hydroxylation sites is 2. The summed E-state index contributed by atoms with van der Waals surface area (Å²) in [5.41, 5.74) is 9.78. The minimum absolute atomic E-state index is 0.0354. The van der Waals surface area contributed by atoms with E-state index in [0.29, 0.717) is 6.61 Å². The largest absolute Gasteiger partial charge is 0.492 e. The van der Waals surface area contributed by atoms with Crippen molar-refractivity contribution in [3.8, 4) is 5.75 Å². The van der Waals surface area contributed by atoms with Gasteiger partial charge in [0.15, 0.2) is 0 Å². The Labute approximate surface area is 149 Å². The quantitative estimate of drug-likeness (QED) is 0.653. The highest BCUT2D eigenvalue weighted by Crippen LogP contribution is 2.23. The fourth-order valence-corrected chi connectivity index (χ4v) is 3.05. The van der Waals surface area contributed by atoms with Crippen LogP contribution >= 0.6 is 0 Å². The Bertz CT molecular complexity index is 808. The Hall–Kier alpha value is -2.33. The summed E-state index contributed by atoms with van der Waals surface area (Å²) < 4.78 is 8.12. The maximum atomic E-state index is 6.42. The van der Waals surface area contributed by atoms with E-state index in [1.165, 1.54) is 5.56 Å². The summed E-state index contributed by atoms with van der Waals surface area (Å²) in [6, 6.07) is 16.3. The Morgan fingerprint density at radius 1 is 1.12 bits per heavy atom. The number of fused-ring (bicyclic) bond motifs is 1. The molecule has 0 aliphatic heterocycles. The van der Waals surface area contributed by atoms with Gasteiger partial charge >= 0.3 is 0 Å². The van der Waals surface area contributed by atoms with Crippen molar-refractivity contribution in [1.29, 1.82) is 0 Å². The van der Waals surface area contributed by atoms with Crippen LogP contribution in [0.25, 0.3) is 11.0 Å². The first-order valence-electron chi connectivity index (χ1n) is 9.09. The van der Waals surface area contributed by atoms with Crippen LogP contribution in [0.4, 0.5) is 0 Å². The van der Waals surface area contributed by atoms with Crippen molar-refractivity contribution in [2.45, 2.75) is 45.7 Å². The lowest BCUT2D eigenvalue weighted by Crippen LogP contribution is -2.19.